The summed E-state index contributed by atoms with van der Waals surface area (Å²) < 4.78 is 13.6. The van der Waals surface area contributed by atoms with E-state index in [0.717, 1.165) is 33.3 Å². The zero-order valence-electron chi connectivity index (χ0n) is 20.5. The van der Waals surface area contributed by atoms with E-state index in [1.165, 1.54) is 6.07 Å². The van der Waals surface area contributed by atoms with Crippen LogP contribution in [0, 0.1) is 12.7 Å². The van der Waals surface area contributed by atoms with Crippen LogP contribution in [-0.4, -0.2) is 21.0 Å². The Kier molecular flexibility index (Phi) is 6.75. The van der Waals surface area contributed by atoms with E-state index < -0.39 is 12.0 Å². The highest BCUT2D eigenvalue weighted by Crippen LogP contribution is 2.26. The highest BCUT2D eigenvalue weighted by molar-refractivity contribution is 5.83. The van der Waals surface area contributed by atoms with Crippen LogP contribution in [0.1, 0.15) is 35.8 Å². The number of aliphatic hydroxyl groups is 1. The Balaban J connectivity index is 1.24. The van der Waals surface area contributed by atoms with Gasteiger partial charge in [0.1, 0.15) is 5.82 Å². The maximum atomic E-state index is 13.6. The number of carbonyl (C=O) groups is 1. The van der Waals surface area contributed by atoms with Gasteiger partial charge >= 0.3 is 0 Å². The van der Waals surface area contributed by atoms with Gasteiger partial charge in [-0.25, -0.2) is 14.4 Å². The van der Waals surface area contributed by atoms with E-state index in [0.29, 0.717) is 16.8 Å². The van der Waals surface area contributed by atoms with E-state index in [4.69, 9.17) is 0 Å². The number of hydrogen-bond donors (Lipinski definition) is 2. The minimum absolute atomic E-state index is 0.229. The minimum Gasteiger partial charge on any atom is -0.378 e. The Morgan fingerprint density at radius 2 is 1.54 bits per heavy atom. The molecule has 3 aromatic carbocycles. The highest BCUT2D eigenvalue weighted by Gasteiger charge is 2.20. The largest absolute Gasteiger partial charge is 0.378 e. The van der Waals surface area contributed by atoms with Gasteiger partial charge in [0.05, 0.1) is 11.7 Å². The molecule has 2 atom stereocenters. The van der Waals surface area contributed by atoms with Gasteiger partial charge in [-0.3, -0.25) is 4.79 Å². The van der Waals surface area contributed by atoms with Gasteiger partial charge in [-0.1, -0.05) is 54.6 Å². The molecule has 0 aliphatic carbocycles. The van der Waals surface area contributed by atoms with Gasteiger partial charge in [0, 0.05) is 17.1 Å². The molecule has 0 saturated heterocycles. The van der Waals surface area contributed by atoms with Gasteiger partial charge in [0.2, 0.25) is 0 Å². The summed E-state index contributed by atoms with van der Waals surface area (Å²) in [6.45, 7) is 3.60. The highest BCUT2D eigenvalue weighted by atomic mass is 19.1. The van der Waals surface area contributed by atoms with Crippen molar-refractivity contribution in [3.05, 3.63) is 120 Å². The third kappa shape index (κ3) is 5.25. The molecule has 0 saturated carbocycles. The summed E-state index contributed by atoms with van der Waals surface area (Å²) in [5.74, 6) is -0.709. The van der Waals surface area contributed by atoms with Crippen molar-refractivity contribution in [2.45, 2.75) is 26.0 Å². The molecule has 1 amide bonds. The van der Waals surface area contributed by atoms with Gasteiger partial charge in [0.15, 0.2) is 11.8 Å². The zero-order chi connectivity index (χ0) is 25.9. The number of benzene rings is 3. The maximum Gasteiger partial charge on any atom is 0.253 e. The van der Waals surface area contributed by atoms with E-state index in [-0.39, 0.29) is 11.9 Å². The molecule has 2 heterocycles. The number of amides is 1. The third-order valence-electron chi connectivity index (χ3n) is 6.50. The Hall–Kier alpha value is -4.42. The molecule has 0 spiro atoms. The second-order valence-corrected chi connectivity index (χ2v) is 9.09. The molecule has 0 radical (unpaired) electrons. The minimum atomic E-state index is -1.30. The standard InChI is InChI=1S/C31H26FN3O2/c1-19-18-26(13-15-27(19)32)22-7-5-21(6-8-22)20(2)34-31(37)29(36)24-11-9-23(10-12-24)28-16-14-25-4-3-17-33-30(25)35-28/h3-18,20,29,36H,1-2H3,(H,34,37)/t20-,29?/m0/s1. The van der Waals surface area contributed by atoms with Crippen LogP contribution < -0.4 is 5.32 Å². The van der Waals surface area contributed by atoms with Crippen molar-refractivity contribution in [2.24, 2.45) is 0 Å². The number of hydrogen-bond acceptors (Lipinski definition) is 4. The molecule has 1 unspecified atom stereocenters. The molecule has 0 aliphatic rings. The molecule has 184 valence electrons. The summed E-state index contributed by atoms with van der Waals surface area (Å²) in [7, 11) is 0. The average molecular weight is 492 g/mol. The summed E-state index contributed by atoms with van der Waals surface area (Å²) >= 11 is 0. The fraction of sp³-hybridized carbons (Fsp3) is 0.129. The SMILES string of the molecule is Cc1cc(-c2ccc([C@H](C)NC(=O)C(O)c3ccc(-c4ccc5cccnc5n4)cc3)cc2)ccc1F. The summed E-state index contributed by atoms with van der Waals surface area (Å²) in [5.41, 5.74) is 6.17. The Labute approximate surface area is 214 Å². The topological polar surface area (TPSA) is 75.1 Å². The van der Waals surface area contributed by atoms with Crippen molar-refractivity contribution in [1.82, 2.24) is 15.3 Å². The van der Waals surface area contributed by atoms with E-state index in [1.54, 1.807) is 31.3 Å². The Morgan fingerprint density at radius 3 is 2.27 bits per heavy atom. The predicted molar refractivity (Wildman–Crippen MR) is 143 cm³/mol. The summed E-state index contributed by atoms with van der Waals surface area (Å²) in [6, 6.07) is 27.3. The lowest BCUT2D eigenvalue weighted by Crippen LogP contribution is -2.31. The fourth-order valence-corrected chi connectivity index (χ4v) is 4.27. The van der Waals surface area contributed by atoms with Crippen molar-refractivity contribution in [3.8, 4) is 22.4 Å². The summed E-state index contributed by atoms with van der Waals surface area (Å²) in [6.07, 6.45) is 0.406. The zero-order valence-corrected chi connectivity index (χ0v) is 20.5. The van der Waals surface area contributed by atoms with E-state index in [1.807, 2.05) is 73.7 Å². The van der Waals surface area contributed by atoms with Crippen molar-refractivity contribution in [1.29, 1.82) is 0 Å². The molecule has 2 aromatic heterocycles. The first-order valence-electron chi connectivity index (χ1n) is 12.1. The molecule has 2 N–H and O–H groups in total. The maximum absolute atomic E-state index is 13.6. The lowest BCUT2D eigenvalue weighted by atomic mass is 9.99. The first kappa shape index (κ1) is 24.3. The van der Waals surface area contributed by atoms with Gasteiger partial charge in [-0.2, -0.15) is 0 Å². The lowest BCUT2D eigenvalue weighted by molar-refractivity contribution is -0.130. The molecule has 37 heavy (non-hydrogen) atoms. The number of aliphatic hydroxyl groups excluding tert-OH is 1. The first-order valence-corrected chi connectivity index (χ1v) is 12.1. The monoisotopic (exact) mass is 491 g/mol. The first-order chi connectivity index (χ1) is 17.9. The van der Waals surface area contributed by atoms with Crippen molar-refractivity contribution in [3.63, 3.8) is 0 Å². The number of rotatable bonds is 6. The number of fused-ring (bicyclic) bond motifs is 1. The van der Waals surface area contributed by atoms with Crippen LogP contribution in [0.2, 0.25) is 0 Å². The summed E-state index contributed by atoms with van der Waals surface area (Å²) in [5, 5.41) is 14.5. The molecule has 5 rings (SSSR count). The second kappa shape index (κ2) is 10.3. The molecule has 0 aliphatic heterocycles. The summed E-state index contributed by atoms with van der Waals surface area (Å²) in [4.78, 5) is 21.7. The van der Waals surface area contributed by atoms with Crippen molar-refractivity contribution >= 4 is 16.9 Å². The average Bonchev–Trinajstić information content (AvgIpc) is 2.94. The van der Waals surface area contributed by atoms with Crippen molar-refractivity contribution in [2.75, 3.05) is 0 Å². The number of aromatic nitrogens is 2. The number of carbonyl (C=O) groups excluding carboxylic acids is 1. The van der Waals surface area contributed by atoms with Crippen molar-refractivity contribution < 1.29 is 14.3 Å². The smallest absolute Gasteiger partial charge is 0.253 e. The quantitative estimate of drug-likeness (QED) is 0.291. The van der Waals surface area contributed by atoms with Gasteiger partial charge < -0.3 is 10.4 Å². The molecular weight excluding hydrogens is 465 g/mol. The second-order valence-electron chi connectivity index (χ2n) is 9.09. The van der Waals surface area contributed by atoms with E-state index in [9.17, 15) is 14.3 Å². The normalized spacial score (nSPS) is 12.8. The van der Waals surface area contributed by atoms with Crippen LogP contribution >= 0.6 is 0 Å². The van der Waals surface area contributed by atoms with E-state index >= 15 is 0 Å². The number of aryl methyl sites for hydroxylation is 1. The van der Waals surface area contributed by atoms with Crippen LogP contribution in [0.3, 0.4) is 0 Å². The molecule has 5 nitrogen and oxygen atoms in total. The molecule has 0 bridgehead atoms. The Morgan fingerprint density at radius 1 is 0.865 bits per heavy atom. The molecule has 6 heteroatoms. The predicted octanol–water partition coefficient (Wildman–Crippen LogP) is 6.32. The van der Waals surface area contributed by atoms with Gasteiger partial charge in [0.25, 0.3) is 5.91 Å². The molecule has 0 fully saturated rings. The fourth-order valence-electron chi connectivity index (χ4n) is 4.27. The van der Waals surface area contributed by atoms with E-state index in [2.05, 4.69) is 15.3 Å². The van der Waals surface area contributed by atoms with Crippen LogP contribution in [-0.2, 0) is 4.79 Å². The third-order valence-corrected chi connectivity index (χ3v) is 6.50. The number of nitrogens with one attached hydrogen (secondary N) is 1. The molecule has 5 aromatic rings. The van der Waals surface area contributed by atoms with Gasteiger partial charge in [-0.15, -0.1) is 0 Å². The van der Waals surface area contributed by atoms with Crippen LogP contribution in [0.4, 0.5) is 4.39 Å². The van der Waals surface area contributed by atoms with Crippen LogP contribution in [0.5, 0.6) is 0 Å². The molecular formula is C31H26FN3O2. The lowest BCUT2D eigenvalue weighted by Gasteiger charge is -2.18. The van der Waals surface area contributed by atoms with Crippen LogP contribution in [0.15, 0.2) is 97.2 Å². The number of halogens is 1. The van der Waals surface area contributed by atoms with Crippen LogP contribution in [0.25, 0.3) is 33.4 Å². The number of pyridine rings is 2. The number of nitrogens with zero attached hydrogens (tertiary/aromatic N) is 2. The van der Waals surface area contributed by atoms with Gasteiger partial charge in [-0.05, 0) is 78.1 Å². The Bertz CT molecular complexity index is 1570.